The fourth-order valence-electron chi connectivity index (χ4n) is 1.16. The molecule has 2 rings (SSSR count). The second-order valence-corrected chi connectivity index (χ2v) is 2.73. The van der Waals surface area contributed by atoms with E-state index in [0.717, 1.165) is 0 Å². The monoisotopic (exact) mass is 190 g/mol. The van der Waals surface area contributed by atoms with Crippen molar-refractivity contribution in [2.45, 2.75) is 0 Å². The number of aromatic carboxylic acids is 1. The van der Waals surface area contributed by atoms with Gasteiger partial charge in [0, 0.05) is 12.4 Å². The number of pyridine rings is 1. The first-order chi connectivity index (χ1) is 6.68. The van der Waals surface area contributed by atoms with Crippen molar-refractivity contribution in [3.63, 3.8) is 0 Å². The SMILES string of the molecule is O=C(O)c1cn2ccccc2nc1=O. The number of hydrogen-bond donors (Lipinski definition) is 1. The Balaban J connectivity index is 2.84. The molecule has 0 aliphatic carbocycles. The Morgan fingerprint density at radius 3 is 2.93 bits per heavy atom. The second kappa shape index (κ2) is 2.95. The first-order valence-corrected chi connectivity index (χ1v) is 3.90. The summed E-state index contributed by atoms with van der Waals surface area (Å²) in [6.07, 6.45) is 2.89. The van der Waals surface area contributed by atoms with E-state index in [4.69, 9.17) is 5.11 Å². The third-order valence-corrected chi connectivity index (χ3v) is 1.81. The van der Waals surface area contributed by atoms with Crippen LogP contribution in [-0.4, -0.2) is 20.5 Å². The Bertz CT molecular complexity index is 559. The lowest BCUT2D eigenvalue weighted by Crippen LogP contribution is -2.19. The molecule has 0 saturated carbocycles. The van der Waals surface area contributed by atoms with Gasteiger partial charge in [-0.2, -0.15) is 4.98 Å². The molecule has 0 aliphatic rings. The highest BCUT2D eigenvalue weighted by Gasteiger charge is 2.09. The summed E-state index contributed by atoms with van der Waals surface area (Å²) in [5, 5.41) is 8.67. The predicted molar refractivity (Wildman–Crippen MR) is 48.4 cm³/mol. The molecular formula is C9H6N2O3. The van der Waals surface area contributed by atoms with Crippen LogP contribution >= 0.6 is 0 Å². The van der Waals surface area contributed by atoms with Crippen molar-refractivity contribution in [1.29, 1.82) is 0 Å². The molecule has 0 amide bonds. The maximum atomic E-state index is 11.2. The molecule has 2 aromatic rings. The van der Waals surface area contributed by atoms with E-state index in [9.17, 15) is 9.59 Å². The predicted octanol–water partition coefficient (Wildman–Crippen LogP) is 0.393. The summed E-state index contributed by atoms with van der Waals surface area (Å²) in [6, 6.07) is 5.08. The van der Waals surface area contributed by atoms with Gasteiger partial charge in [-0.05, 0) is 12.1 Å². The lowest BCUT2D eigenvalue weighted by atomic mass is 10.3. The van der Waals surface area contributed by atoms with Gasteiger partial charge in [-0.1, -0.05) is 6.07 Å². The number of rotatable bonds is 1. The fraction of sp³-hybridized carbons (Fsp3) is 0. The third kappa shape index (κ3) is 1.24. The van der Waals surface area contributed by atoms with E-state index in [1.54, 1.807) is 24.4 Å². The van der Waals surface area contributed by atoms with Crippen LogP contribution in [0, 0.1) is 0 Å². The van der Waals surface area contributed by atoms with Crippen LogP contribution in [0.3, 0.4) is 0 Å². The summed E-state index contributed by atoms with van der Waals surface area (Å²) < 4.78 is 1.49. The Hall–Kier alpha value is -2.17. The molecule has 0 aromatic carbocycles. The number of fused-ring (bicyclic) bond motifs is 1. The van der Waals surface area contributed by atoms with Crippen molar-refractivity contribution in [3.8, 4) is 0 Å². The second-order valence-electron chi connectivity index (χ2n) is 2.73. The molecule has 0 saturated heterocycles. The summed E-state index contributed by atoms with van der Waals surface area (Å²) in [5.41, 5.74) is -0.611. The van der Waals surface area contributed by atoms with Gasteiger partial charge in [-0.25, -0.2) is 4.79 Å². The van der Waals surface area contributed by atoms with Gasteiger partial charge < -0.3 is 9.51 Å². The van der Waals surface area contributed by atoms with Crippen LogP contribution in [0.25, 0.3) is 5.65 Å². The molecule has 0 spiro atoms. The molecule has 0 aliphatic heterocycles. The Morgan fingerprint density at radius 2 is 2.21 bits per heavy atom. The van der Waals surface area contributed by atoms with E-state index in [-0.39, 0.29) is 5.56 Å². The van der Waals surface area contributed by atoms with Crippen LogP contribution in [-0.2, 0) is 0 Å². The number of aromatic nitrogens is 2. The first kappa shape index (κ1) is 8.43. The highest BCUT2D eigenvalue weighted by molar-refractivity contribution is 5.86. The van der Waals surface area contributed by atoms with Gasteiger partial charge in [0.15, 0.2) is 0 Å². The molecule has 0 fully saturated rings. The van der Waals surface area contributed by atoms with Gasteiger partial charge in [0.25, 0.3) is 5.56 Å². The maximum absolute atomic E-state index is 11.2. The van der Waals surface area contributed by atoms with Crippen molar-refractivity contribution >= 4 is 11.6 Å². The minimum atomic E-state index is -1.26. The topological polar surface area (TPSA) is 71.7 Å². The van der Waals surface area contributed by atoms with Gasteiger partial charge in [0.2, 0.25) is 0 Å². The minimum Gasteiger partial charge on any atom is -0.477 e. The lowest BCUT2D eigenvalue weighted by Gasteiger charge is -1.99. The Morgan fingerprint density at radius 1 is 1.43 bits per heavy atom. The largest absolute Gasteiger partial charge is 0.477 e. The van der Waals surface area contributed by atoms with Gasteiger partial charge in [-0.3, -0.25) is 4.79 Å². The van der Waals surface area contributed by atoms with Crippen molar-refractivity contribution < 1.29 is 9.90 Å². The molecule has 2 aromatic heterocycles. The molecular weight excluding hydrogens is 184 g/mol. The molecule has 2 heterocycles. The fourth-order valence-corrected chi connectivity index (χ4v) is 1.16. The summed E-state index contributed by atoms with van der Waals surface area (Å²) >= 11 is 0. The first-order valence-electron chi connectivity index (χ1n) is 3.90. The number of nitrogens with zero attached hydrogens (tertiary/aromatic N) is 2. The number of carboxylic acid groups (broad SMARTS) is 1. The van der Waals surface area contributed by atoms with Crippen molar-refractivity contribution in [2.75, 3.05) is 0 Å². The molecule has 0 bridgehead atoms. The van der Waals surface area contributed by atoms with E-state index < -0.39 is 11.5 Å². The van der Waals surface area contributed by atoms with E-state index in [1.165, 1.54) is 10.6 Å². The van der Waals surface area contributed by atoms with Crippen LogP contribution in [0.4, 0.5) is 0 Å². The van der Waals surface area contributed by atoms with Crippen molar-refractivity contribution in [3.05, 3.63) is 46.5 Å². The normalized spacial score (nSPS) is 10.3. The van der Waals surface area contributed by atoms with Crippen LogP contribution < -0.4 is 5.56 Å². The van der Waals surface area contributed by atoms with Crippen molar-refractivity contribution in [1.82, 2.24) is 9.38 Å². The van der Waals surface area contributed by atoms with Gasteiger partial charge in [0.1, 0.15) is 11.2 Å². The molecule has 14 heavy (non-hydrogen) atoms. The average Bonchev–Trinajstić information content (AvgIpc) is 2.16. The van der Waals surface area contributed by atoms with Gasteiger partial charge in [-0.15, -0.1) is 0 Å². The number of hydrogen-bond acceptors (Lipinski definition) is 3. The molecule has 0 radical (unpaired) electrons. The van der Waals surface area contributed by atoms with Gasteiger partial charge >= 0.3 is 5.97 Å². The minimum absolute atomic E-state index is 0.325. The summed E-state index contributed by atoms with van der Waals surface area (Å²) in [7, 11) is 0. The third-order valence-electron chi connectivity index (χ3n) is 1.81. The zero-order chi connectivity index (χ0) is 10.1. The number of carboxylic acids is 1. The molecule has 0 unspecified atom stereocenters. The highest BCUT2D eigenvalue weighted by Crippen LogP contribution is 1.98. The zero-order valence-electron chi connectivity index (χ0n) is 7.04. The van der Waals surface area contributed by atoms with E-state index in [0.29, 0.717) is 5.65 Å². The van der Waals surface area contributed by atoms with E-state index >= 15 is 0 Å². The molecule has 70 valence electrons. The lowest BCUT2D eigenvalue weighted by molar-refractivity contribution is 0.0694. The van der Waals surface area contributed by atoms with E-state index in [1.807, 2.05) is 0 Å². The quantitative estimate of drug-likeness (QED) is 0.706. The zero-order valence-corrected chi connectivity index (χ0v) is 7.04. The smallest absolute Gasteiger partial charge is 0.342 e. The average molecular weight is 190 g/mol. The summed E-state index contributed by atoms with van der Waals surface area (Å²) in [4.78, 5) is 25.4. The van der Waals surface area contributed by atoms with Crippen LogP contribution in [0.2, 0.25) is 0 Å². The molecule has 5 heteroatoms. The summed E-state index contributed by atoms with van der Waals surface area (Å²) in [5.74, 6) is -1.26. The highest BCUT2D eigenvalue weighted by atomic mass is 16.4. The molecule has 5 nitrogen and oxygen atoms in total. The van der Waals surface area contributed by atoms with E-state index in [2.05, 4.69) is 4.98 Å². The standard InChI is InChI=1S/C9H6N2O3/c12-8-6(9(13)14)5-11-4-2-1-3-7(11)10-8/h1-5H,(H,13,14). The van der Waals surface area contributed by atoms with Crippen LogP contribution in [0.1, 0.15) is 10.4 Å². The summed E-state index contributed by atoms with van der Waals surface area (Å²) in [6.45, 7) is 0. The number of carbonyl (C=O) groups is 1. The van der Waals surface area contributed by atoms with Crippen LogP contribution in [0.15, 0.2) is 35.4 Å². The molecule has 1 N–H and O–H groups in total. The molecule has 0 atom stereocenters. The Kier molecular flexibility index (Phi) is 1.78. The Labute approximate surface area is 78.3 Å². The van der Waals surface area contributed by atoms with Gasteiger partial charge in [0.05, 0.1) is 0 Å². The maximum Gasteiger partial charge on any atom is 0.342 e. The van der Waals surface area contributed by atoms with Crippen molar-refractivity contribution in [2.24, 2.45) is 0 Å². The van der Waals surface area contributed by atoms with Crippen LogP contribution in [0.5, 0.6) is 0 Å².